The van der Waals surface area contributed by atoms with Crippen LogP contribution in [0, 0.1) is 0 Å². The van der Waals surface area contributed by atoms with Crippen molar-refractivity contribution in [2.24, 2.45) is 5.16 Å². The van der Waals surface area contributed by atoms with Gasteiger partial charge in [-0.25, -0.2) is 0 Å². The number of hydrogen-bond donors (Lipinski definition) is 1. The van der Waals surface area contributed by atoms with Gasteiger partial charge in [-0.2, -0.15) is 13.2 Å². The summed E-state index contributed by atoms with van der Waals surface area (Å²) in [5, 5.41) is 10.8. The van der Waals surface area contributed by atoms with Crippen LogP contribution in [0.5, 0.6) is 0 Å². The van der Waals surface area contributed by atoms with E-state index >= 15 is 0 Å². The molecule has 0 heterocycles. The first-order valence-corrected chi connectivity index (χ1v) is 4.28. The van der Waals surface area contributed by atoms with Crippen molar-refractivity contribution in [1.82, 2.24) is 0 Å². The van der Waals surface area contributed by atoms with E-state index in [4.69, 9.17) is 5.21 Å². The number of benzene rings is 1. The van der Waals surface area contributed by atoms with E-state index < -0.39 is 11.7 Å². The molecule has 0 amide bonds. The summed E-state index contributed by atoms with van der Waals surface area (Å²) in [4.78, 5) is 0. The maximum absolute atomic E-state index is 12.3. The highest BCUT2D eigenvalue weighted by Gasteiger charge is 2.30. The molecule has 76 valence electrons. The predicted molar refractivity (Wildman–Crippen MR) is 48.5 cm³/mol. The molecular weight excluding hydrogens is 263 g/mol. The van der Waals surface area contributed by atoms with Crippen LogP contribution >= 0.6 is 15.9 Å². The van der Waals surface area contributed by atoms with Gasteiger partial charge in [0, 0.05) is 4.47 Å². The Balaban J connectivity index is 3.20. The highest BCUT2D eigenvalue weighted by molar-refractivity contribution is 9.10. The smallest absolute Gasteiger partial charge is 0.411 e. The number of rotatable bonds is 1. The zero-order chi connectivity index (χ0) is 10.8. The minimum absolute atomic E-state index is 0.175. The summed E-state index contributed by atoms with van der Waals surface area (Å²) in [6, 6.07) is 3.26. The monoisotopic (exact) mass is 267 g/mol. The van der Waals surface area contributed by atoms with Gasteiger partial charge in [0.05, 0.1) is 11.8 Å². The first-order valence-electron chi connectivity index (χ1n) is 3.48. The van der Waals surface area contributed by atoms with Gasteiger partial charge >= 0.3 is 6.18 Å². The van der Waals surface area contributed by atoms with Crippen molar-refractivity contribution < 1.29 is 18.4 Å². The zero-order valence-electron chi connectivity index (χ0n) is 6.72. The lowest BCUT2D eigenvalue weighted by Crippen LogP contribution is -2.05. The number of nitrogens with zero attached hydrogens (tertiary/aromatic N) is 1. The average molecular weight is 268 g/mol. The SMILES string of the molecule is O/N=C\c1cc(Br)cc(C(F)(F)F)c1. The summed E-state index contributed by atoms with van der Waals surface area (Å²) >= 11 is 2.93. The largest absolute Gasteiger partial charge is 0.416 e. The highest BCUT2D eigenvalue weighted by Crippen LogP contribution is 2.31. The van der Waals surface area contributed by atoms with Crippen LogP contribution in [0.1, 0.15) is 11.1 Å². The summed E-state index contributed by atoms with van der Waals surface area (Å²) in [5.74, 6) is 0. The lowest BCUT2D eigenvalue weighted by molar-refractivity contribution is -0.137. The van der Waals surface area contributed by atoms with Crippen molar-refractivity contribution in [3.63, 3.8) is 0 Å². The Hall–Kier alpha value is -1.04. The van der Waals surface area contributed by atoms with Crippen LogP contribution in [0.15, 0.2) is 27.8 Å². The molecule has 0 fully saturated rings. The Kier molecular flexibility index (Phi) is 3.15. The third-order valence-electron chi connectivity index (χ3n) is 1.45. The van der Waals surface area contributed by atoms with E-state index in [2.05, 4.69) is 21.1 Å². The van der Waals surface area contributed by atoms with Crippen LogP contribution in [0.4, 0.5) is 13.2 Å². The molecule has 0 aliphatic carbocycles. The summed E-state index contributed by atoms with van der Waals surface area (Å²) in [6.07, 6.45) is -3.47. The van der Waals surface area contributed by atoms with Crippen molar-refractivity contribution in [3.05, 3.63) is 33.8 Å². The van der Waals surface area contributed by atoms with E-state index in [9.17, 15) is 13.2 Å². The number of hydrogen-bond acceptors (Lipinski definition) is 2. The quantitative estimate of drug-likeness (QED) is 0.473. The maximum atomic E-state index is 12.3. The molecule has 1 rings (SSSR count). The second kappa shape index (κ2) is 4.00. The predicted octanol–water partition coefficient (Wildman–Crippen LogP) is 3.28. The maximum Gasteiger partial charge on any atom is 0.416 e. The van der Waals surface area contributed by atoms with E-state index in [1.165, 1.54) is 6.07 Å². The van der Waals surface area contributed by atoms with Crippen LogP contribution in [0.3, 0.4) is 0 Å². The third-order valence-corrected chi connectivity index (χ3v) is 1.91. The van der Waals surface area contributed by atoms with Crippen LogP contribution in [0.2, 0.25) is 0 Å². The van der Waals surface area contributed by atoms with Gasteiger partial charge in [0.25, 0.3) is 0 Å². The molecule has 0 radical (unpaired) electrons. The molecule has 6 heteroatoms. The van der Waals surface area contributed by atoms with Gasteiger partial charge in [-0.05, 0) is 23.8 Å². The van der Waals surface area contributed by atoms with Gasteiger partial charge in [-0.15, -0.1) is 0 Å². The van der Waals surface area contributed by atoms with Gasteiger partial charge in [-0.3, -0.25) is 0 Å². The first kappa shape index (κ1) is 11.0. The fourth-order valence-electron chi connectivity index (χ4n) is 0.917. The molecule has 0 atom stereocenters. The first-order chi connectivity index (χ1) is 6.43. The van der Waals surface area contributed by atoms with E-state index in [0.717, 1.165) is 18.3 Å². The molecule has 0 unspecified atom stereocenters. The Morgan fingerprint density at radius 3 is 2.43 bits per heavy atom. The molecule has 0 saturated heterocycles. The molecule has 1 aromatic rings. The second-order valence-electron chi connectivity index (χ2n) is 2.52. The molecule has 0 saturated carbocycles. The van der Waals surface area contributed by atoms with Gasteiger partial charge < -0.3 is 5.21 Å². The van der Waals surface area contributed by atoms with Crippen LogP contribution < -0.4 is 0 Å². The molecule has 0 aliphatic heterocycles. The normalized spacial score (nSPS) is 12.3. The summed E-state index contributed by atoms with van der Waals surface area (Å²) in [6.45, 7) is 0. The molecule has 1 aromatic carbocycles. The Labute approximate surface area is 86.2 Å². The Morgan fingerprint density at radius 1 is 1.29 bits per heavy atom. The fraction of sp³-hybridized carbons (Fsp3) is 0.125. The van der Waals surface area contributed by atoms with E-state index in [0.29, 0.717) is 0 Å². The minimum atomic E-state index is -4.40. The molecule has 14 heavy (non-hydrogen) atoms. The van der Waals surface area contributed by atoms with Crippen LogP contribution in [-0.2, 0) is 6.18 Å². The number of oxime groups is 1. The van der Waals surface area contributed by atoms with Crippen molar-refractivity contribution in [1.29, 1.82) is 0 Å². The van der Waals surface area contributed by atoms with Crippen molar-refractivity contribution >= 4 is 22.1 Å². The lowest BCUT2D eigenvalue weighted by Gasteiger charge is -2.07. The van der Waals surface area contributed by atoms with Gasteiger partial charge in [0.15, 0.2) is 0 Å². The van der Waals surface area contributed by atoms with Crippen molar-refractivity contribution in [2.75, 3.05) is 0 Å². The van der Waals surface area contributed by atoms with Crippen molar-refractivity contribution in [2.45, 2.75) is 6.18 Å². The zero-order valence-corrected chi connectivity index (χ0v) is 8.30. The molecule has 0 aliphatic rings. The third kappa shape index (κ3) is 2.73. The van der Waals surface area contributed by atoms with Gasteiger partial charge in [0.2, 0.25) is 0 Å². The highest BCUT2D eigenvalue weighted by atomic mass is 79.9. The average Bonchev–Trinajstić information content (AvgIpc) is 2.02. The van der Waals surface area contributed by atoms with Crippen molar-refractivity contribution in [3.8, 4) is 0 Å². The van der Waals surface area contributed by atoms with Crippen LogP contribution in [-0.4, -0.2) is 11.4 Å². The molecule has 1 N–H and O–H groups in total. The van der Waals surface area contributed by atoms with E-state index in [1.807, 2.05) is 0 Å². The van der Waals surface area contributed by atoms with Gasteiger partial charge in [0.1, 0.15) is 0 Å². The standard InChI is InChI=1S/C8H5BrF3NO/c9-7-2-5(4-13-14)1-6(3-7)8(10,11)12/h1-4,14H/b13-4-. The minimum Gasteiger partial charge on any atom is -0.411 e. The molecule has 2 nitrogen and oxygen atoms in total. The number of halogens is 4. The Morgan fingerprint density at radius 2 is 1.93 bits per heavy atom. The number of alkyl halides is 3. The molecule has 0 bridgehead atoms. The summed E-state index contributed by atoms with van der Waals surface area (Å²) in [5.41, 5.74) is -0.615. The van der Waals surface area contributed by atoms with E-state index in [1.54, 1.807) is 0 Å². The van der Waals surface area contributed by atoms with Crippen LogP contribution in [0.25, 0.3) is 0 Å². The summed E-state index contributed by atoms with van der Waals surface area (Å²) in [7, 11) is 0. The lowest BCUT2D eigenvalue weighted by atomic mass is 10.1. The Bertz CT molecular complexity index is 362. The summed E-state index contributed by atoms with van der Waals surface area (Å²) < 4.78 is 37.1. The van der Waals surface area contributed by atoms with E-state index in [-0.39, 0.29) is 10.0 Å². The second-order valence-corrected chi connectivity index (χ2v) is 3.43. The molecule has 0 spiro atoms. The fourth-order valence-corrected chi connectivity index (χ4v) is 1.43. The molecular formula is C8H5BrF3NO. The van der Waals surface area contributed by atoms with Gasteiger partial charge in [-0.1, -0.05) is 21.1 Å². The molecule has 0 aromatic heterocycles. The topological polar surface area (TPSA) is 32.6 Å².